The molecule has 0 aliphatic rings. The molecule has 0 saturated heterocycles. The summed E-state index contributed by atoms with van der Waals surface area (Å²) in [5.41, 5.74) is 0.943. The highest BCUT2D eigenvalue weighted by Gasteiger charge is 2.08. The van der Waals surface area contributed by atoms with Crippen molar-refractivity contribution in [3.05, 3.63) is 29.6 Å². The van der Waals surface area contributed by atoms with Crippen LogP contribution in [-0.4, -0.2) is 22.2 Å². The van der Waals surface area contributed by atoms with Gasteiger partial charge in [-0.1, -0.05) is 13.8 Å². The van der Waals surface area contributed by atoms with Crippen molar-refractivity contribution < 1.29 is 14.6 Å². The second-order valence-corrected chi connectivity index (χ2v) is 4.10. The summed E-state index contributed by atoms with van der Waals surface area (Å²) in [7, 11) is 0. The Balaban J connectivity index is 2.53. The third-order valence-electron chi connectivity index (χ3n) is 2.50. The summed E-state index contributed by atoms with van der Waals surface area (Å²) in [6.07, 6.45) is 1.52. The van der Waals surface area contributed by atoms with Gasteiger partial charge >= 0.3 is 5.97 Å². The van der Waals surface area contributed by atoms with Crippen molar-refractivity contribution in [1.29, 1.82) is 0 Å². The molecule has 0 radical (unpaired) electrons. The highest BCUT2D eigenvalue weighted by molar-refractivity contribution is 5.87. The van der Waals surface area contributed by atoms with E-state index >= 15 is 0 Å². The SMILES string of the molecule is CC(C)C(C)OCc1ccc(C(=O)O)cn1. The Morgan fingerprint density at radius 2 is 2.12 bits per heavy atom. The second-order valence-electron chi connectivity index (χ2n) is 4.10. The quantitative estimate of drug-likeness (QED) is 0.832. The zero-order chi connectivity index (χ0) is 12.1. The average Bonchev–Trinajstić information content (AvgIpc) is 2.26. The number of aromatic carboxylic acids is 1. The van der Waals surface area contributed by atoms with Crippen molar-refractivity contribution in [3.63, 3.8) is 0 Å². The minimum Gasteiger partial charge on any atom is -0.478 e. The number of nitrogens with zero attached hydrogens (tertiary/aromatic N) is 1. The predicted molar refractivity (Wildman–Crippen MR) is 60.3 cm³/mol. The van der Waals surface area contributed by atoms with E-state index in [0.717, 1.165) is 5.69 Å². The molecule has 16 heavy (non-hydrogen) atoms. The molecule has 0 amide bonds. The van der Waals surface area contributed by atoms with E-state index in [9.17, 15) is 4.79 Å². The first-order chi connectivity index (χ1) is 7.50. The lowest BCUT2D eigenvalue weighted by molar-refractivity contribution is 0.0218. The van der Waals surface area contributed by atoms with E-state index < -0.39 is 5.97 Å². The Hall–Kier alpha value is -1.42. The summed E-state index contributed by atoms with van der Waals surface area (Å²) < 4.78 is 5.58. The minimum atomic E-state index is -0.962. The Morgan fingerprint density at radius 1 is 1.44 bits per heavy atom. The predicted octanol–water partition coefficient (Wildman–Crippen LogP) is 2.34. The molecule has 4 heteroatoms. The summed E-state index contributed by atoms with van der Waals surface area (Å²) in [5, 5.41) is 8.70. The number of aromatic nitrogens is 1. The van der Waals surface area contributed by atoms with E-state index in [-0.39, 0.29) is 11.7 Å². The lowest BCUT2D eigenvalue weighted by Gasteiger charge is -2.16. The molecule has 1 aromatic rings. The maximum Gasteiger partial charge on any atom is 0.337 e. The molecule has 4 nitrogen and oxygen atoms in total. The number of hydrogen-bond donors (Lipinski definition) is 1. The van der Waals surface area contributed by atoms with Crippen LogP contribution in [0.3, 0.4) is 0 Å². The average molecular weight is 223 g/mol. The fourth-order valence-corrected chi connectivity index (χ4v) is 1.05. The van der Waals surface area contributed by atoms with Gasteiger partial charge in [0.25, 0.3) is 0 Å². The molecular weight excluding hydrogens is 206 g/mol. The molecule has 1 unspecified atom stereocenters. The molecule has 1 aromatic heterocycles. The second kappa shape index (κ2) is 5.61. The maximum atomic E-state index is 10.6. The molecule has 0 aliphatic carbocycles. The Bertz CT molecular complexity index is 346. The molecular formula is C12H17NO3. The number of pyridine rings is 1. The van der Waals surface area contributed by atoms with E-state index in [1.807, 2.05) is 6.92 Å². The van der Waals surface area contributed by atoms with Crippen LogP contribution in [0.1, 0.15) is 36.8 Å². The van der Waals surface area contributed by atoms with E-state index in [1.54, 1.807) is 6.07 Å². The van der Waals surface area contributed by atoms with E-state index in [2.05, 4.69) is 18.8 Å². The van der Waals surface area contributed by atoms with Gasteiger partial charge in [-0.15, -0.1) is 0 Å². The van der Waals surface area contributed by atoms with Crippen LogP contribution in [0.5, 0.6) is 0 Å². The Morgan fingerprint density at radius 3 is 2.56 bits per heavy atom. The smallest absolute Gasteiger partial charge is 0.337 e. The first kappa shape index (κ1) is 12.6. The van der Waals surface area contributed by atoms with Crippen molar-refractivity contribution in [2.75, 3.05) is 0 Å². The van der Waals surface area contributed by atoms with Crippen LogP contribution in [0.15, 0.2) is 18.3 Å². The normalized spacial score (nSPS) is 12.8. The van der Waals surface area contributed by atoms with Gasteiger partial charge in [0.15, 0.2) is 0 Å². The van der Waals surface area contributed by atoms with Gasteiger partial charge in [0.1, 0.15) is 0 Å². The first-order valence-corrected chi connectivity index (χ1v) is 5.30. The molecule has 88 valence electrons. The molecule has 0 aliphatic heterocycles. The highest BCUT2D eigenvalue weighted by Crippen LogP contribution is 2.09. The number of hydrogen-bond acceptors (Lipinski definition) is 3. The van der Waals surface area contributed by atoms with Crippen molar-refractivity contribution >= 4 is 5.97 Å². The van der Waals surface area contributed by atoms with Gasteiger partial charge in [-0.2, -0.15) is 0 Å². The van der Waals surface area contributed by atoms with Crippen LogP contribution in [0.4, 0.5) is 0 Å². The van der Waals surface area contributed by atoms with Gasteiger partial charge in [-0.25, -0.2) is 4.79 Å². The third-order valence-corrected chi connectivity index (χ3v) is 2.50. The van der Waals surface area contributed by atoms with Gasteiger partial charge in [0, 0.05) is 6.20 Å². The molecule has 0 spiro atoms. The molecule has 0 fully saturated rings. The number of rotatable bonds is 5. The number of carbonyl (C=O) groups is 1. The van der Waals surface area contributed by atoms with Crippen LogP contribution >= 0.6 is 0 Å². The number of ether oxygens (including phenoxy) is 1. The third kappa shape index (κ3) is 3.62. The van der Waals surface area contributed by atoms with E-state index in [4.69, 9.17) is 9.84 Å². The zero-order valence-electron chi connectivity index (χ0n) is 9.80. The van der Waals surface area contributed by atoms with Gasteiger partial charge in [0.2, 0.25) is 0 Å². The van der Waals surface area contributed by atoms with Crippen molar-refractivity contribution in [1.82, 2.24) is 4.98 Å². The lowest BCUT2D eigenvalue weighted by atomic mass is 10.1. The Labute approximate surface area is 95.3 Å². The van der Waals surface area contributed by atoms with Crippen LogP contribution < -0.4 is 0 Å². The molecule has 1 rings (SSSR count). The Kier molecular flexibility index (Phi) is 4.43. The first-order valence-electron chi connectivity index (χ1n) is 5.30. The van der Waals surface area contributed by atoms with Gasteiger partial charge in [0.05, 0.1) is 24.0 Å². The van der Waals surface area contributed by atoms with Crippen LogP contribution in [0.2, 0.25) is 0 Å². The number of carboxylic acid groups (broad SMARTS) is 1. The van der Waals surface area contributed by atoms with Crippen LogP contribution in [0.25, 0.3) is 0 Å². The van der Waals surface area contributed by atoms with Crippen molar-refractivity contribution in [2.24, 2.45) is 5.92 Å². The molecule has 0 bridgehead atoms. The summed E-state index contributed by atoms with van der Waals surface area (Å²) in [4.78, 5) is 14.6. The largest absolute Gasteiger partial charge is 0.478 e. The fourth-order valence-electron chi connectivity index (χ4n) is 1.05. The summed E-state index contributed by atoms with van der Waals surface area (Å²) in [5.74, 6) is -0.506. The molecule has 1 N–H and O–H groups in total. The van der Waals surface area contributed by atoms with Gasteiger partial charge in [-0.3, -0.25) is 4.98 Å². The molecule has 1 atom stereocenters. The standard InChI is InChI=1S/C12H17NO3/c1-8(2)9(3)16-7-11-5-4-10(6-13-11)12(14)15/h4-6,8-9H,7H2,1-3H3,(H,14,15). The summed E-state index contributed by atoms with van der Waals surface area (Å²) in [6, 6.07) is 3.21. The van der Waals surface area contributed by atoms with Crippen LogP contribution in [-0.2, 0) is 11.3 Å². The molecule has 0 aromatic carbocycles. The monoisotopic (exact) mass is 223 g/mol. The van der Waals surface area contributed by atoms with Gasteiger partial charge in [-0.05, 0) is 25.0 Å². The van der Waals surface area contributed by atoms with Gasteiger partial charge < -0.3 is 9.84 Å². The minimum absolute atomic E-state index is 0.168. The zero-order valence-corrected chi connectivity index (χ0v) is 9.80. The lowest BCUT2D eigenvalue weighted by Crippen LogP contribution is -2.15. The fraction of sp³-hybridized carbons (Fsp3) is 0.500. The van der Waals surface area contributed by atoms with Crippen LogP contribution in [0, 0.1) is 5.92 Å². The van der Waals surface area contributed by atoms with Crippen molar-refractivity contribution in [3.8, 4) is 0 Å². The summed E-state index contributed by atoms with van der Waals surface area (Å²) >= 11 is 0. The topological polar surface area (TPSA) is 59.4 Å². The number of carboxylic acids is 1. The van der Waals surface area contributed by atoms with E-state index in [1.165, 1.54) is 12.3 Å². The van der Waals surface area contributed by atoms with E-state index in [0.29, 0.717) is 12.5 Å². The molecule has 1 heterocycles. The highest BCUT2D eigenvalue weighted by atomic mass is 16.5. The molecule has 0 saturated carbocycles. The maximum absolute atomic E-state index is 10.6. The van der Waals surface area contributed by atoms with Crippen molar-refractivity contribution in [2.45, 2.75) is 33.5 Å². The summed E-state index contributed by atoms with van der Waals surface area (Å²) in [6.45, 7) is 6.60.